The summed E-state index contributed by atoms with van der Waals surface area (Å²) in [4.78, 5) is 0. The van der Waals surface area contributed by atoms with Gasteiger partial charge in [0.15, 0.2) is 0 Å². The van der Waals surface area contributed by atoms with Crippen LogP contribution in [0.1, 0.15) is 30.9 Å². The maximum atomic E-state index is 13.5. The SMILES string of the molecule is N[C@H](c1c(F)cccc1Br)C1CCC1. The third kappa shape index (κ3) is 1.71. The molecule has 2 rings (SSSR count). The molecule has 0 saturated heterocycles. The van der Waals surface area contributed by atoms with Gasteiger partial charge < -0.3 is 5.73 Å². The van der Waals surface area contributed by atoms with E-state index in [0.29, 0.717) is 11.5 Å². The van der Waals surface area contributed by atoms with E-state index >= 15 is 0 Å². The molecule has 2 N–H and O–H groups in total. The number of rotatable bonds is 2. The van der Waals surface area contributed by atoms with Gasteiger partial charge in [-0.3, -0.25) is 0 Å². The predicted molar refractivity (Wildman–Crippen MR) is 58.4 cm³/mol. The van der Waals surface area contributed by atoms with E-state index in [0.717, 1.165) is 17.3 Å². The topological polar surface area (TPSA) is 26.0 Å². The van der Waals surface area contributed by atoms with Crippen LogP contribution in [-0.2, 0) is 0 Å². The monoisotopic (exact) mass is 257 g/mol. The summed E-state index contributed by atoms with van der Waals surface area (Å²) in [6, 6.07) is 4.85. The quantitative estimate of drug-likeness (QED) is 0.864. The molecule has 76 valence electrons. The second-order valence-corrected chi connectivity index (χ2v) is 4.71. The Bertz CT molecular complexity index is 316. The highest BCUT2D eigenvalue weighted by atomic mass is 79.9. The van der Waals surface area contributed by atoms with E-state index in [1.165, 1.54) is 12.5 Å². The molecule has 0 spiro atoms. The summed E-state index contributed by atoms with van der Waals surface area (Å²) in [5, 5.41) is 0. The molecule has 1 aromatic carbocycles. The lowest BCUT2D eigenvalue weighted by Gasteiger charge is -2.32. The first-order chi connectivity index (χ1) is 6.70. The minimum atomic E-state index is -0.196. The fraction of sp³-hybridized carbons (Fsp3) is 0.455. The normalized spacial score (nSPS) is 19.1. The van der Waals surface area contributed by atoms with Crippen LogP contribution in [0.15, 0.2) is 22.7 Å². The van der Waals surface area contributed by atoms with Crippen LogP contribution in [0.2, 0.25) is 0 Å². The van der Waals surface area contributed by atoms with Crippen LogP contribution in [0.25, 0.3) is 0 Å². The number of halogens is 2. The van der Waals surface area contributed by atoms with Crippen molar-refractivity contribution in [2.75, 3.05) is 0 Å². The molecule has 3 heteroatoms. The fourth-order valence-corrected chi connectivity index (χ4v) is 2.47. The molecule has 0 aliphatic heterocycles. The Morgan fingerprint density at radius 1 is 1.43 bits per heavy atom. The molecular formula is C11H13BrFN. The largest absolute Gasteiger partial charge is 0.324 e. The number of nitrogens with two attached hydrogens (primary N) is 1. The van der Waals surface area contributed by atoms with Crippen molar-refractivity contribution < 1.29 is 4.39 Å². The molecule has 0 unspecified atom stereocenters. The van der Waals surface area contributed by atoms with E-state index in [1.54, 1.807) is 6.07 Å². The lowest BCUT2D eigenvalue weighted by Crippen LogP contribution is -2.27. The van der Waals surface area contributed by atoms with Gasteiger partial charge in [0.05, 0.1) is 0 Å². The Balaban J connectivity index is 2.29. The van der Waals surface area contributed by atoms with Gasteiger partial charge in [0, 0.05) is 16.1 Å². The van der Waals surface area contributed by atoms with Gasteiger partial charge in [-0.25, -0.2) is 4.39 Å². The summed E-state index contributed by atoms with van der Waals surface area (Å²) in [7, 11) is 0. The first kappa shape index (κ1) is 10.1. The lowest BCUT2D eigenvalue weighted by atomic mass is 9.77. The van der Waals surface area contributed by atoms with E-state index < -0.39 is 0 Å². The number of hydrogen-bond donors (Lipinski definition) is 1. The van der Waals surface area contributed by atoms with Crippen molar-refractivity contribution in [3.8, 4) is 0 Å². The number of hydrogen-bond acceptors (Lipinski definition) is 1. The zero-order valence-corrected chi connectivity index (χ0v) is 9.43. The molecule has 1 fully saturated rings. The summed E-state index contributed by atoms with van der Waals surface area (Å²) in [6.07, 6.45) is 3.48. The van der Waals surface area contributed by atoms with E-state index in [4.69, 9.17) is 5.73 Å². The summed E-state index contributed by atoms with van der Waals surface area (Å²) >= 11 is 3.35. The van der Waals surface area contributed by atoms with E-state index in [1.807, 2.05) is 6.07 Å². The Morgan fingerprint density at radius 3 is 2.64 bits per heavy atom. The zero-order chi connectivity index (χ0) is 10.1. The second-order valence-electron chi connectivity index (χ2n) is 3.85. The van der Waals surface area contributed by atoms with Gasteiger partial charge in [-0.15, -0.1) is 0 Å². The first-order valence-corrected chi connectivity index (χ1v) is 5.69. The minimum Gasteiger partial charge on any atom is -0.324 e. The van der Waals surface area contributed by atoms with Gasteiger partial charge in [-0.2, -0.15) is 0 Å². The lowest BCUT2D eigenvalue weighted by molar-refractivity contribution is 0.260. The van der Waals surface area contributed by atoms with Crippen LogP contribution in [0.4, 0.5) is 4.39 Å². The van der Waals surface area contributed by atoms with Gasteiger partial charge >= 0.3 is 0 Å². The average molecular weight is 258 g/mol. The Labute approximate surface area is 91.6 Å². The van der Waals surface area contributed by atoms with Crippen molar-refractivity contribution in [1.29, 1.82) is 0 Å². The van der Waals surface area contributed by atoms with Crippen molar-refractivity contribution in [3.05, 3.63) is 34.1 Å². The third-order valence-corrected chi connectivity index (χ3v) is 3.68. The van der Waals surface area contributed by atoms with E-state index in [9.17, 15) is 4.39 Å². The molecule has 0 amide bonds. The molecule has 0 bridgehead atoms. The highest BCUT2D eigenvalue weighted by Crippen LogP contribution is 2.39. The van der Waals surface area contributed by atoms with Gasteiger partial charge in [0.25, 0.3) is 0 Å². The molecule has 1 atom stereocenters. The minimum absolute atomic E-state index is 0.153. The van der Waals surface area contributed by atoms with Gasteiger partial charge in [0.1, 0.15) is 5.82 Å². The van der Waals surface area contributed by atoms with Crippen LogP contribution >= 0.6 is 15.9 Å². The summed E-state index contributed by atoms with van der Waals surface area (Å²) in [6.45, 7) is 0. The molecule has 1 aliphatic rings. The maximum Gasteiger partial charge on any atom is 0.129 e. The van der Waals surface area contributed by atoms with Crippen molar-refractivity contribution >= 4 is 15.9 Å². The smallest absolute Gasteiger partial charge is 0.129 e. The van der Waals surface area contributed by atoms with Crippen molar-refractivity contribution in [1.82, 2.24) is 0 Å². The highest BCUT2D eigenvalue weighted by Gasteiger charge is 2.28. The molecule has 14 heavy (non-hydrogen) atoms. The van der Waals surface area contributed by atoms with E-state index in [-0.39, 0.29) is 11.9 Å². The Hall–Kier alpha value is -0.410. The molecule has 1 saturated carbocycles. The summed E-state index contributed by atoms with van der Waals surface area (Å²) < 4.78 is 14.3. The molecule has 0 radical (unpaired) electrons. The standard InChI is InChI=1S/C11H13BrFN/c12-8-5-2-6-9(13)10(8)11(14)7-3-1-4-7/h2,5-7,11H,1,3-4,14H2/t11-/m0/s1. The maximum absolute atomic E-state index is 13.5. The van der Waals surface area contributed by atoms with Crippen LogP contribution in [0, 0.1) is 11.7 Å². The van der Waals surface area contributed by atoms with Crippen molar-refractivity contribution in [2.24, 2.45) is 11.7 Å². The van der Waals surface area contributed by atoms with Crippen LogP contribution in [-0.4, -0.2) is 0 Å². The Morgan fingerprint density at radius 2 is 2.14 bits per heavy atom. The van der Waals surface area contributed by atoms with Crippen LogP contribution in [0.5, 0.6) is 0 Å². The van der Waals surface area contributed by atoms with E-state index in [2.05, 4.69) is 15.9 Å². The molecule has 1 aliphatic carbocycles. The van der Waals surface area contributed by atoms with Gasteiger partial charge in [0.2, 0.25) is 0 Å². The van der Waals surface area contributed by atoms with Crippen LogP contribution < -0.4 is 5.73 Å². The summed E-state index contributed by atoms with van der Waals surface area (Å²) in [5.74, 6) is 0.266. The fourth-order valence-electron chi connectivity index (χ4n) is 1.86. The van der Waals surface area contributed by atoms with Crippen molar-refractivity contribution in [2.45, 2.75) is 25.3 Å². The van der Waals surface area contributed by atoms with Gasteiger partial charge in [-0.1, -0.05) is 28.4 Å². The molecule has 1 nitrogen and oxygen atoms in total. The Kier molecular flexibility index (Phi) is 2.88. The molecule has 0 heterocycles. The molecule has 1 aromatic rings. The molecule has 0 aromatic heterocycles. The average Bonchev–Trinajstić information content (AvgIpc) is 2.00. The third-order valence-electron chi connectivity index (χ3n) is 2.99. The highest BCUT2D eigenvalue weighted by molar-refractivity contribution is 9.10. The summed E-state index contributed by atoms with van der Waals surface area (Å²) in [5.41, 5.74) is 6.67. The molecular weight excluding hydrogens is 245 g/mol. The number of benzene rings is 1. The van der Waals surface area contributed by atoms with Crippen LogP contribution in [0.3, 0.4) is 0 Å². The zero-order valence-electron chi connectivity index (χ0n) is 7.84. The second kappa shape index (κ2) is 3.99. The first-order valence-electron chi connectivity index (χ1n) is 4.89. The van der Waals surface area contributed by atoms with Gasteiger partial charge in [-0.05, 0) is 30.9 Å². The predicted octanol–water partition coefficient (Wildman–Crippen LogP) is 3.39. The van der Waals surface area contributed by atoms with Crippen molar-refractivity contribution in [3.63, 3.8) is 0 Å².